The largest absolute Gasteiger partial charge is 0.434 e. The predicted octanol–water partition coefficient (Wildman–Crippen LogP) is 6.00. The first-order valence-electron chi connectivity index (χ1n) is 10.1. The van der Waals surface area contributed by atoms with Gasteiger partial charge in [-0.25, -0.2) is 4.98 Å². The van der Waals surface area contributed by atoms with Crippen molar-refractivity contribution < 1.29 is 9.66 Å². The van der Waals surface area contributed by atoms with E-state index in [1.165, 1.54) is 6.33 Å². The number of rotatable bonds is 7. The third kappa shape index (κ3) is 4.57. The molecule has 0 radical (unpaired) electrons. The van der Waals surface area contributed by atoms with Gasteiger partial charge >= 0.3 is 11.6 Å². The molecular formula is C25H22N4O3. The van der Waals surface area contributed by atoms with Gasteiger partial charge in [-0.05, 0) is 48.2 Å². The minimum absolute atomic E-state index is 0.0848. The number of hydrogen-bond acceptors (Lipinski definition) is 6. The number of nitrogens with one attached hydrogen (secondary N) is 1. The molecule has 0 fully saturated rings. The molecule has 0 aliphatic heterocycles. The minimum Gasteiger partial charge on any atom is -0.434 e. The molecule has 0 saturated carbocycles. The van der Waals surface area contributed by atoms with Crippen LogP contribution in [0.3, 0.4) is 0 Å². The molecule has 0 atom stereocenters. The van der Waals surface area contributed by atoms with E-state index in [-0.39, 0.29) is 23.4 Å². The standard InChI is InChI=1S/C25H22N4O3/c1-17-13-14-21(15-18(17)2)32-25-23(29(30)31)24(26-16-27-25)28-22(19-9-5-3-6-10-19)20-11-7-4-8-12-20/h3-16,22H,1-2H3,(H,26,27,28). The van der Waals surface area contributed by atoms with Gasteiger partial charge in [0.2, 0.25) is 5.82 Å². The van der Waals surface area contributed by atoms with Gasteiger partial charge in [-0.3, -0.25) is 10.1 Å². The summed E-state index contributed by atoms with van der Waals surface area (Å²) in [4.78, 5) is 19.7. The van der Waals surface area contributed by atoms with E-state index >= 15 is 0 Å². The van der Waals surface area contributed by atoms with Crippen LogP contribution in [0.15, 0.2) is 85.2 Å². The summed E-state index contributed by atoms with van der Waals surface area (Å²) in [7, 11) is 0. The lowest BCUT2D eigenvalue weighted by Crippen LogP contribution is -2.15. The Balaban J connectivity index is 1.74. The van der Waals surface area contributed by atoms with Crippen LogP contribution in [-0.2, 0) is 0 Å². The molecule has 7 heteroatoms. The number of benzene rings is 3. The van der Waals surface area contributed by atoms with E-state index in [1.54, 1.807) is 6.07 Å². The molecule has 0 unspecified atom stereocenters. The van der Waals surface area contributed by atoms with Crippen LogP contribution in [0.5, 0.6) is 11.6 Å². The molecule has 0 spiro atoms. The zero-order chi connectivity index (χ0) is 22.5. The number of hydrogen-bond donors (Lipinski definition) is 1. The van der Waals surface area contributed by atoms with Crippen molar-refractivity contribution in [1.82, 2.24) is 9.97 Å². The summed E-state index contributed by atoms with van der Waals surface area (Å²) in [6.45, 7) is 3.94. The molecule has 7 nitrogen and oxygen atoms in total. The van der Waals surface area contributed by atoms with E-state index in [1.807, 2.05) is 86.6 Å². The van der Waals surface area contributed by atoms with Crippen LogP contribution in [0, 0.1) is 24.0 Å². The molecule has 4 rings (SSSR count). The number of ether oxygens (including phenoxy) is 1. The number of aryl methyl sites for hydroxylation is 2. The maximum Gasteiger partial charge on any atom is 0.373 e. The van der Waals surface area contributed by atoms with Crippen molar-refractivity contribution >= 4 is 11.5 Å². The number of aromatic nitrogens is 2. The van der Waals surface area contributed by atoms with E-state index in [0.717, 1.165) is 22.3 Å². The van der Waals surface area contributed by atoms with Crippen molar-refractivity contribution in [1.29, 1.82) is 0 Å². The van der Waals surface area contributed by atoms with Crippen LogP contribution in [0.1, 0.15) is 28.3 Å². The second-order valence-electron chi connectivity index (χ2n) is 7.38. The number of nitrogens with zero attached hydrogens (tertiary/aromatic N) is 3. The van der Waals surface area contributed by atoms with Crippen molar-refractivity contribution in [2.75, 3.05) is 5.32 Å². The summed E-state index contributed by atoms with van der Waals surface area (Å²) >= 11 is 0. The van der Waals surface area contributed by atoms with E-state index < -0.39 is 4.92 Å². The molecule has 0 saturated heterocycles. The quantitative estimate of drug-likeness (QED) is 0.288. The molecule has 160 valence electrons. The van der Waals surface area contributed by atoms with Crippen molar-refractivity contribution in [3.8, 4) is 11.6 Å². The van der Waals surface area contributed by atoms with Gasteiger partial charge in [-0.2, -0.15) is 4.98 Å². The van der Waals surface area contributed by atoms with E-state index in [9.17, 15) is 10.1 Å². The lowest BCUT2D eigenvalue weighted by molar-refractivity contribution is -0.385. The number of anilines is 1. The molecule has 4 aromatic rings. The van der Waals surface area contributed by atoms with Crippen molar-refractivity contribution in [2.45, 2.75) is 19.9 Å². The summed E-state index contributed by atoms with van der Waals surface area (Å²) in [6, 6.07) is 24.5. The molecule has 32 heavy (non-hydrogen) atoms. The Hall–Kier alpha value is -4.26. The van der Waals surface area contributed by atoms with Crippen molar-refractivity contribution in [3.05, 3.63) is 118 Å². The fourth-order valence-electron chi connectivity index (χ4n) is 3.38. The summed E-state index contributed by atoms with van der Waals surface area (Å²) in [6.07, 6.45) is 1.26. The van der Waals surface area contributed by atoms with Crippen LogP contribution >= 0.6 is 0 Å². The molecule has 0 aliphatic carbocycles. The van der Waals surface area contributed by atoms with Gasteiger partial charge in [0.1, 0.15) is 12.1 Å². The Morgan fingerprint density at radius 1 is 0.875 bits per heavy atom. The molecule has 1 aromatic heterocycles. The van der Waals surface area contributed by atoms with Gasteiger partial charge in [0, 0.05) is 0 Å². The van der Waals surface area contributed by atoms with E-state index in [4.69, 9.17) is 4.74 Å². The van der Waals surface area contributed by atoms with Crippen LogP contribution < -0.4 is 10.1 Å². The van der Waals surface area contributed by atoms with Gasteiger partial charge in [0.05, 0.1) is 11.0 Å². The summed E-state index contributed by atoms with van der Waals surface area (Å²) in [5.74, 6) is 0.445. The van der Waals surface area contributed by atoms with Crippen LogP contribution in [0.25, 0.3) is 0 Å². The first kappa shape index (κ1) is 21.0. The zero-order valence-electron chi connectivity index (χ0n) is 17.7. The average Bonchev–Trinajstić information content (AvgIpc) is 2.81. The Morgan fingerprint density at radius 3 is 2.06 bits per heavy atom. The fraction of sp³-hybridized carbons (Fsp3) is 0.120. The SMILES string of the molecule is Cc1ccc(Oc2ncnc(NC(c3ccccc3)c3ccccc3)c2[N+](=O)[O-])cc1C. The first-order valence-corrected chi connectivity index (χ1v) is 10.1. The lowest BCUT2D eigenvalue weighted by atomic mass is 9.99. The maximum atomic E-state index is 12.0. The van der Waals surface area contributed by atoms with Crippen LogP contribution in [-0.4, -0.2) is 14.9 Å². The van der Waals surface area contributed by atoms with Crippen LogP contribution in [0.4, 0.5) is 11.5 Å². The Morgan fingerprint density at radius 2 is 1.50 bits per heavy atom. The van der Waals surface area contributed by atoms with Crippen molar-refractivity contribution in [2.24, 2.45) is 0 Å². The molecule has 1 heterocycles. The molecule has 0 bridgehead atoms. The van der Waals surface area contributed by atoms with Gasteiger partial charge in [0.15, 0.2) is 0 Å². The molecular weight excluding hydrogens is 404 g/mol. The highest BCUT2D eigenvalue weighted by Crippen LogP contribution is 2.37. The molecule has 1 N–H and O–H groups in total. The number of nitro groups is 1. The van der Waals surface area contributed by atoms with Gasteiger partial charge in [0.25, 0.3) is 0 Å². The molecule has 0 amide bonds. The normalized spacial score (nSPS) is 10.7. The predicted molar refractivity (Wildman–Crippen MR) is 123 cm³/mol. The average molecular weight is 426 g/mol. The van der Waals surface area contributed by atoms with Crippen molar-refractivity contribution in [3.63, 3.8) is 0 Å². The summed E-state index contributed by atoms with van der Waals surface area (Å²) in [5.41, 5.74) is 3.70. The maximum absolute atomic E-state index is 12.0. The van der Waals surface area contributed by atoms with Gasteiger partial charge in [-0.1, -0.05) is 66.7 Å². The topological polar surface area (TPSA) is 90.2 Å². The van der Waals surface area contributed by atoms with Gasteiger partial charge in [-0.15, -0.1) is 0 Å². The Labute approximate surface area is 185 Å². The molecule has 3 aromatic carbocycles. The third-order valence-electron chi connectivity index (χ3n) is 5.21. The third-order valence-corrected chi connectivity index (χ3v) is 5.21. The monoisotopic (exact) mass is 426 g/mol. The summed E-state index contributed by atoms with van der Waals surface area (Å²) < 4.78 is 5.81. The van der Waals surface area contributed by atoms with Gasteiger partial charge < -0.3 is 10.1 Å². The Bertz CT molecular complexity index is 1190. The minimum atomic E-state index is -0.522. The Kier molecular flexibility index (Phi) is 6.07. The second-order valence-corrected chi connectivity index (χ2v) is 7.38. The smallest absolute Gasteiger partial charge is 0.373 e. The fourth-order valence-corrected chi connectivity index (χ4v) is 3.38. The zero-order valence-corrected chi connectivity index (χ0v) is 17.7. The summed E-state index contributed by atoms with van der Waals surface area (Å²) in [5, 5.41) is 15.2. The highest BCUT2D eigenvalue weighted by molar-refractivity contribution is 5.63. The van der Waals surface area contributed by atoms with E-state index in [0.29, 0.717) is 5.75 Å². The second kappa shape index (κ2) is 9.26. The first-order chi connectivity index (χ1) is 15.5. The lowest BCUT2D eigenvalue weighted by Gasteiger charge is -2.20. The van der Waals surface area contributed by atoms with Crippen LogP contribution in [0.2, 0.25) is 0 Å². The highest BCUT2D eigenvalue weighted by Gasteiger charge is 2.27. The van der Waals surface area contributed by atoms with E-state index in [2.05, 4.69) is 15.3 Å². The molecule has 0 aliphatic rings. The highest BCUT2D eigenvalue weighted by atomic mass is 16.6.